The molecule has 2 atom stereocenters. The predicted molar refractivity (Wildman–Crippen MR) is 81.9 cm³/mol. The van der Waals surface area contributed by atoms with E-state index in [2.05, 4.69) is 35.5 Å². The Morgan fingerprint density at radius 1 is 1.53 bits per heavy atom. The van der Waals surface area contributed by atoms with E-state index in [1.807, 2.05) is 23.1 Å². The minimum absolute atomic E-state index is 0.0338. The summed E-state index contributed by atoms with van der Waals surface area (Å²) in [6.45, 7) is 3.60. The number of rotatable bonds is 2. The van der Waals surface area contributed by atoms with E-state index >= 15 is 0 Å². The molecule has 5 heteroatoms. The van der Waals surface area contributed by atoms with E-state index in [4.69, 9.17) is 4.74 Å². The zero-order valence-corrected chi connectivity index (χ0v) is 13.6. The number of methoxy groups -OCH3 is 1. The number of carbonyl (C=O) groups excluding carboxylic acids is 1. The highest BCUT2D eigenvalue weighted by Crippen LogP contribution is 2.25. The van der Waals surface area contributed by atoms with E-state index in [0.717, 1.165) is 17.4 Å². The van der Waals surface area contributed by atoms with Crippen LogP contribution in [0.1, 0.15) is 23.7 Å². The van der Waals surface area contributed by atoms with Gasteiger partial charge in [-0.05, 0) is 30.5 Å². The number of hydrogen-bond acceptors (Lipinski definition) is 3. The van der Waals surface area contributed by atoms with Crippen LogP contribution < -0.4 is 0 Å². The number of nitrogens with zero attached hydrogens (tertiary/aromatic N) is 1. The van der Waals surface area contributed by atoms with Crippen molar-refractivity contribution in [1.82, 2.24) is 4.90 Å². The fourth-order valence-electron chi connectivity index (χ4n) is 2.38. The van der Waals surface area contributed by atoms with Crippen molar-refractivity contribution in [1.29, 1.82) is 0 Å². The van der Waals surface area contributed by atoms with Crippen LogP contribution in [-0.4, -0.2) is 37.1 Å². The second kappa shape index (κ2) is 6.29. The molecule has 1 aliphatic rings. The first-order chi connectivity index (χ1) is 9.02. The first-order valence-electron chi connectivity index (χ1n) is 6.33. The third-order valence-electron chi connectivity index (χ3n) is 3.67. The Hall–Kier alpha value is -0.520. The van der Waals surface area contributed by atoms with E-state index in [0.29, 0.717) is 22.9 Å². The Kier molecular flexibility index (Phi) is 4.92. The van der Waals surface area contributed by atoms with Gasteiger partial charge in [0, 0.05) is 29.6 Å². The highest BCUT2D eigenvalue weighted by molar-refractivity contribution is 9.10. The van der Waals surface area contributed by atoms with E-state index in [1.165, 1.54) is 0 Å². The molecule has 1 aliphatic heterocycles. The van der Waals surface area contributed by atoms with Gasteiger partial charge in [-0.2, -0.15) is 0 Å². The number of halogens is 1. The lowest BCUT2D eigenvalue weighted by Gasteiger charge is -2.36. The van der Waals surface area contributed by atoms with Crippen molar-refractivity contribution < 1.29 is 9.53 Å². The summed E-state index contributed by atoms with van der Waals surface area (Å²) in [6, 6.07) is 5.53. The van der Waals surface area contributed by atoms with Gasteiger partial charge in [0.05, 0.1) is 11.7 Å². The van der Waals surface area contributed by atoms with Crippen LogP contribution in [0.2, 0.25) is 0 Å². The minimum Gasteiger partial charge on any atom is -0.379 e. The van der Waals surface area contributed by atoms with Gasteiger partial charge < -0.3 is 9.64 Å². The van der Waals surface area contributed by atoms with E-state index in [1.54, 1.807) is 7.11 Å². The highest BCUT2D eigenvalue weighted by atomic mass is 79.9. The molecule has 1 aromatic carbocycles. The lowest BCUT2D eigenvalue weighted by Crippen LogP contribution is -2.46. The molecule has 2 unspecified atom stereocenters. The Labute approximate surface area is 127 Å². The average Bonchev–Trinajstić information content (AvgIpc) is 2.38. The number of piperidine rings is 1. The highest BCUT2D eigenvalue weighted by Gasteiger charge is 2.29. The monoisotopic (exact) mass is 343 g/mol. The summed E-state index contributed by atoms with van der Waals surface area (Å²) in [5.41, 5.74) is 0.649. The molecule has 1 amide bonds. The zero-order chi connectivity index (χ0) is 14.0. The van der Waals surface area contributed by atoms with Crippen molar-refractivity contribution in [2.75, 3.05) is 20.2 Å². The number of amides is 1. The van der Waals surface area contributed by atoms with Crippen LogP contribution in [0.4, 0.5) is 0 Å². The molecule has 0 bridgehead atoms. The smallest absolute Gasteiger partial charge is 0.255 e. The van der Waals surface area contributed by atoms with E-state index < -0.39 is 0 Å². The molecule has 1 saturated heterocycles. The maximum Gasteiger partial charge on any atom is 0.255 e. The molecule has 1 fully saturated rings. The van der Waals surface area contributed by atoms with Crippen molar-refractivity contribution in [2.45, 2.75) is 24.3 Å². The summed E-state index contributed by atoms with van der Waals surface area (Å²) in [7, 11) is 1.71. The van der Waals surface area contributed by atoms with Gasteiger partial charge in [0.25, 0.3) is 5.91 Å². The normalized spacial score (nSPS) is 23.5. The van der Waals surface area contributed by atoms with Gasteiger partial charge in [-0.1, -0.05) is 22.9 Å². The Morgan fingerprint density at radius 2 is 2.26 bits per heavy atom. The summed E-state index contributed by atoms with van der Waals surface area (Å²) in [4.78, 5) is 15.1. The van der Waals surface area contributed by atoms with Crippen molar-refractivity contribution in [3.8, 4) is 0 Å². The van der Waals surface area contributed by atoms with Gasteiger partial charge in [0.1, 0.15) is 0 Å². The quantitative estimate of drug-likeness (QED) is 0.835. The molecule has 19 heavy (non-hydrogen) atoms. The molecule has 1 aromatic rings. The van der Waals surface area contributed by atoms with Crippen molar-refractivity contribution >= 4 is 34.5 Å². The van der Waals surface area contributed by atoms with Crippen molar-refractivity contribution in [3.05, 3.63) is 28.2 Å². The zero-order valence-electron chi connectivity index (χ0n) is 11.1. The summed E-state index contributed by atoms with van der Waals surface area (Å²) in [6.07, 6.45) is 1.10. The van der Waals surface area contributed by atoms with Crippen LogP contribution >= 0.6 is 28.6 Å². The Bertz CT molecular complexity index is 481. The molecule has 0 spiro atoms. The molecule has 0 radical (unpaired) electrons. The second-order valence-corrected chi connectivity index (χ2v) is 6.35. The fourth-order valence-corrected chi connectivity index (χ4v) is 3.23. The van der Waals surface area contributed by atoms with Crippen molar-refractivity contribution in [2.24, 2.45) is 5.92 Å². The summed E-state index contributed by atoms with van der Waals surface area (Å²) < 4.78 is 6.38. The minimum atomic E-state index is 0.0338. The standard InChI is InChI=1S/C14H18BrNO2S/c1-9-5-6-16(8-12(9)18-2)14(17)11-4-3-10(15)7-13(11)19/h3-4,7,9,12,19H,5-6,8H2,1-2H3. The number of thiol groups is 1. The van der Waals surface area contributed by atoms with Gasteiger partial charge >= 0.3 is 0 Å². The maximum atomic E-state index is 12.5. The van der Waals surface area contributed by atoms with Gasteiger partial charge in [0.2, 0.25) is 0 Å². The van der Waals surface area contributed by atoms with Crippen LogP contribution in [0.25, 0.3) is 0 Å². The van der Waals surface area contributed by atoms with Crippen LogP contribution in [-0.2, 0) is 4.74 Å². The number of likely N-dealkylation sites (tertiary alicyclic amines) is 1. The third-order valence-corrected chi connectivity index (χ3v) is 4.53. The van der Waals surface area contributed by atoms with Gasteiger partial charge in [-0.25, -0.2) is 0 Å². The molecular weight excluding hydrogens is 326 g/mol. The number of benzene rings is 1. The van der Waals surface area contributed by atoms with Gasteiger partial charge in [-0.15, -0.1) is 12.6 Å². The lowest BCUT2D eigenvalue weighted by molar-refractivity contribution is -0.00168. The number of hydrogen-bond donors (Lipinski definition) is 1. The van der Waals surface area contributed by atoms with Gasteiger partial charge in [0.15, 0.2) is 0 Å². The van der Waals surface area contributed by atoms with Gasteiger partial charge in [-0.3, -0.25) is 4.79 Å². The first-order valence-corrected chi connectivity index (χ1v) is 7.57. The summed E-state index contributed by atoms with van der Waals surface area (Å²) in [5.74, 6) is 0.529. The molecular formula is C14H18BrNO2S. The maximum absolute atomic E-state index is 12.5. The molecule has 1 heterocycles. The Morgan fingerprint density at radius 3 is 2.89 bits per heavy atom. The molecule has 0 aliphatic carbocycles. The largest absolute Gasteiger partial charge is 0.379 e. The van der Waals surface area contributed by atoms with E-state index in [9.17, 15) is 4.79 Å². The van der Waals surface area contributed by atoms with E-state index in [-0.39, 0.29) is 12.0 Å². The molecule has 0 N–H and O–H groups in total. The molecule has 3 nitrogen and oxygen atoms in total. The number of carbonyl (C=O) groups is 1. The third kappa shape index (κ3) is 3.33. The molecule has 0 aromatic heterocycles. The molecule has 2 rings (SSSR count). The molecule has 0 saturated carbocycles. The van der Waals surface area contributed by atoms with Crippen LogP contribution in [0.5, 0.6) is 0 Å². The SMILES string of the molecule is COC1CN(C(=O)c2ccc(Br)cc2S)CCC1C. The van der Waals surface area contributed by atoms with Crippen LogP contribution in [0.3, 0.4) is 0 Å². The topological polar surface area (TPSA) is 29.5 Å². The number of ether oxygens (including phenoxy) is 1. The second-order valence-electron chi connectivity index (χ2n) is 4.95. The summed E-state index contributed by atoms with van der Waals surface area (Å²) >= 11 is 7.76. The average molecular weight is 344 g/mol. The van der Waals surface area contributed by atoms with Crippen molar-refractivity contribution in [3.63, 3.8) is 0 Å². The van der Waals surface area contributed by atoms with Crippen LogP contribution in [0.15, 0.2) is 27.6 Å². The Balaban J connectivity index is 2.15. The predicted octanol–water partition coefficient (Wildman–Crippen LogP) is 3.23. The van der Waals surface area contributed by atoms with Crippen LogP contribution in [0, 0.1) is 5.92 Å². The fraction of sp³-hybridized carbons (Fsp3) is 0.500. The molecule has 104 valence electrons. The lowest BCUT2D eigenvalue weighted by atomic mass is 9.95. The summed E-state index contributed by atoms with van der Waals surface area (Å²) in [5, 5.41) is 0. The first kappa shape index (κ1) is 14.9.